The van der Waals surface area contributed by atoms with Gasteiger partial charge in [0, 0.05) is 0 Å². The van der Waals surface area contributed by atoms with E-state index in [-0.39, 0.29) is 6.04 Å². The van der Waals surface area contributed by atoms with Gasteiger partial charge in [0.25, 0.3) is 0 Å². The maximum atomic E-state index is 12.8. The Morgan fingerprint density at radius 3 is 2.41 bits per heavy atom. The molecule has 2 saturated heterocycles. The Hall–Kier alpha value is -0.950. The molecule has 0 bridgehead atoms. The van der Waals surface area contributed by atoms with E-state index < -0.39 is 23.8 Å². The molecule has 2 fully saturated rings. The third-order valence-corrected chi connectivity index (χ3v) is 2.35. The molecule has 2 heterocycles. The number of nitrogens with one attached hydrogen (secondary N) is 2. The molecule has 1 amide bonds. The van der Waals surface area contributed by atoms with Crippen molar-refractivity contribution in [2.75, 3.05) is 6.54 Å². The average molecular weight is 251 g/mol. The molecule has 2 rings (SSSR count). The standard InChI is InChI=1S/C5H8F2N2.C5H11NO2/c6-4-5(7)3(9-5)1-2-8-4;1-5(2,3)8-4(6)7/h3-4,8-9H,1-2H2;1-3H3,(H2,6,7). The van der Waals surface area contributed by atoms with Crippen LogP contribution in [0.25, 0.3) is 0 Å². The Bertz CT molecular complexity index is 296. The van der Waals surface area contributed by atoms with E-state index in [0.717, 1.165) is 0 Å². The zero-order valence-electron chi connectivity index (χ0n) is 10.2. The lowest BCUT2D eigenvalue weighted by atomic mass is 10.1. The SMILES string of the molecule is CC(C)(C)OC(N)=O.FC1NCCC2NC12F. The predicted molar refractivity (Wildman–Crippen MR) is 58.7 cm³/mol. The molecule has 3 unspecified atom stereocenters. The van der Waals surface area contributed by atoms with E-state index in [4.69, 9.17) is 5.73 Å². The fourth-order valence-corrected chi connectivity index (χ4v) is 1.56. The zero-order chi connectivity index (χ0) is 13.3. The highest BCUT2D eigenvalue weighted by Crippen LogP contribution is 2.37. The summed E-state index contributed by atoms with van der Waals surface area (Å²) in [6.07, 6.45) is -1.54. The van der Waals surface area contributed by atoms with Crippen LogP contribution in [-0.4, -0.2) is 36.4 Å². The highest BCUT2D eigenvalue weighted by atomic mass is 19.2. The largest absolute Gasteiger partial charge is 0.444 e. The number of fused-ring (bicyclic) bond motifs is 1. The monoisotopic (exact) mass is 251 g/mol. The summed E-state index contributed by atoms with van der Waals surface area (Å²) >= 11 is 0. The van der Waals surface area contributed by atoms with Gasteiger partial charge in [0.2, 0.25) is 12.1 Å². The van der Waals surface area contributed by atoms with Crippen LogP contribution in [0.2, 0.25) is 0 Å². The van der Waals surface area contributed by atoms with Crippen molar-refractivity contribution in [2.24, 2.45) is 5.73 Å². The number of ether oxygens (including phenoxy) is 1. The van der Waals surface area contributed by atoms with Crippen molar-refractivity contribution in [1.29, 1.82) is 0 Å². The Kier molecular flexibility index (Phi) is 3.93. The van der Waals surface area contributed by atoms with E-state index in [2.05, 4.69) is 15.4 Å². The van der Waals surface area contributed by atoms with Gasteiger partial charge in [-0.05, 0) is 33.7 Å². The van der Waals surface area contributed by atoms with E-state index >= 15 is 0 Å². The molecule has 7 heteroatoms. The van der Waals surface area contributed by atoms with Crippen LogP contribution in [0.5, 0.6) is 0 Å². The average Bonchev–Trinajstić information content (AvgIpc) is 2.75. The summed E-state index contributed by atoms with van der Waals surface area (Å²) in [7, 11) is 0. The first kappa shape index (κ1) is 14.1. The molecule has 0 aromatic carbocycles. The number of nitrogens with two attached hydrogens (primary N) is 1. The minimum Gasteiger partial charge on any atom is -0.444 e. The topological polar surface area (TPSA) is 86.3 Å². The quantitative estimate of drug-likeness (QED) is 0.439. The van der Waals surface area contributed by atoms with Crippen molar-refractivity contribution >= 4 is 6.09 Å². The summed E-state index contributed by atoms with van der Waals surface area (Å²) < 4.78 is 29.8. The van der Waals surface area contributed by atoms with E-state index in [1.165, 1.54) is 0 Å². The molecule has 0 saturated carbocycles. The number of primary amides is 1. The number of carbonyl (C=O) groups is 1. The number of halogens is 2. The molecule has 100 valence electrons. The van der Waals surface area contributed by atoms with Crippen LogP contribution in [0, 0.1) is 0 Å². The second kappa shape index (κ2) is 4.73. The molecule has 2 aliphatic heterocycles. The van der Waals surface area contributed by atoms with Crippen LogP contribution in [0.1, 0.15) is 27.2 Å². The van der Waals surface area contributed by atoms with Crippen molar-refractivity contribution in [1.82, 2.24) is 10.6 Å². The highest BCUT2D eigenvalue weighted by Gasteiger charge is 2.62. The number of alkyl halides is 2. The van der Waals surface area contributed by atoms with Gasteiger partial charge in [-0.15, -0.1) is 0 Å². The molecule has 0 spiro atoms. The molecule has 5 nitrogen and oxygen atoms in total. The second-order valence-corrected chi connectivity index (χ2v) is 5.10. The lowest BCUT2D eigenvalue weighted by Crippen LogP contribution is -2.43. The number of carbonyl (C=O) groups excluding carboxylic acids is 1. The molecule has 0 aromatic rings. The minimum absolute atomic E-state index is 0.228. The van der Waals surface area contributed by atoms with Gasteiger partial charge in [-0.25, -0.2) is 13.6 Å². The predicted octanol–water partition coefficient (Wildman–Crippen LogP) is 0.793. The number of rotatable bonds is 0. The molecule has 0 aromatic heterocycles. The third kappa shape index (κ3) is 4.08. The van der Waals surface area contributed by atoms with Crippen LogP contribution in [0.15, 0.2) is 0 Å². The van der Waals surface area contributed by atoms with E-state index in [1.54, 1.807) is 20.8 Å². The van der Waals surface area contributed by atoms with Crippen molar-refractivity contribution in [3.05, 3.63) is 0 Å². The van der Waals surface area contributed by atoms with Crippen LogP contribution in [-0.2, 0) is 4.74 Å². The summed E-state index contributed by atoms with van der Waals surface area (Å²) in [6, 6.07) is -0.228. The third-order valence-electron chi connectivity index (χ3n) is 2.35. The Morgan fingerprint density at radius 1 is 1.53 bits per heavy atom. The van der Waals surface area contributed by atoms with Crippen molar-refractivity contribution in [3.8, 4) is 0 Å². The summed E-state index contributed by atoms with van der Waals surface area (Å²) in [4.78, 5) is 10.0. The highest BCUT2D eigenvalue weighted by molar-refractivity contribution is 5.65. The van der Waals surface area contributed by atoms with Crippen LogP contribution in [0.3, 0.4) is 0 Å². The van der Waals surface area contributed by atoms with E-state index in [0.29, 0.717) is 13.0 Å². The maximum absolute atomic E-state index is 12.8. The maximum Gasteiger partial charge on any atom is 0.405 e. The molecular weight excluding hydrogens is 232 g/mol. The summed E-state index contributed by atoms with van der Waals surface area (Å²) in [5, 5.41) is 4.86. The Labute approximate surface area is 99.1 Å². The fourth-order valence-electron chi connectivity index (χ4n) is 1.56. The van der Waals surface area contributed by atoms with E-state index in [1.807, 2.05) is 0 Å². The first-order chi connectivity index (χ1) is 7.65. The molecule has 17 heavy (non-hydrogen) atoms. The number of amides is 1. The molecular formula is C10H19F2N3O2. The number of hydrogen-bond acceptors (Lipinski definition) is 4. The second-order valence-electron chi connectivity index (χ2n) is 5.10. The van der Waals surface area contributed by atoms with Gasteiger partial charge >= 0.3 is 6.09 Å². The number of piperidine rings is 1. The Balaban J connectivity index is 0.000000172. The van der Waals surface area contributed by atoms with Gasteiger partial charge in [0.05, 0.1) is 6.04 Å². The van der Waals surface area contributed by atoms with Crippen molar-refractivity contribution in [3.63, 3.8) is 0 Å². The minimum atomic E-state index is -1.72. The first-order valence-corrected chi connectivity index (χ1v) is 5.47. The van der Waals surface area contributed by atoms with Gasteiger partial charge in [-0.3, -0.25) is 10.6 Å². The fraction of sp³-hybridized carbons (Fsp3) is 0.900. The van der Waals surface area contributed by atoms with Gasteiger partial charge < -0.3 is 10.5 Å². The van der Waals surface area contributed by atoms with E-state index in [9.17, 15) is 13.6 Å². The van der Waals surface area contributed by atoms with Gasteiger partial charge in [-0.2, -0.15) is 0 Å². The lowest BCUT2D eigenvalue weighted by Gasteiger charge is -2.17. The summed E-state index contributed by atoms with van der Waals surface area (Å²) in [6.45, 7) is 5.86. The molecule has 4 N–H and O–H groups in total. The van der Waals surface area contributed by atoms with Crippen LogP contribution >= 0.6 is 0 Å². The normalized spacial score (nSPS) is 35.1. The lowest BCUT2D eigenvalue weighted by molar-refractivity contribution is 0.0600. The van der Waals surface area contributed by atoms with Gasteiger partial charge in [-0.1, -0.05) is 0 Å². The van der Waals surface area contributed by atoms with Crippen molar-refractivity contribution in [2.45, 2.75) is 50.9 Å². The van der Waals surface area contributed by atoms with Crippen molar-refractivity contribution < 1.29 is 18.3 Å². The first-order valence-electron chi connectivity index (χ1n) is 5.47. The number of hydrogen-bond donors (Lipinski definition) is 3. The summed E-state index contributed by atoms with van der Waals surface area (Å²) in [5.74, 6) is -1.72. The smallest absolute Gasteiger partial charge is 0.405 e. The molecule has 0 radical (unpaired) electrons. The van der Waals surface area contributed by atoms with Crippen LogP contribution < -0.4 is 16.4 Å². The molecule has 0 aliphatic carbocycles. The Morgan fingerprint density at radius 2 is 2.12 bits per heavy atom. The van der Waals surface area contributed by atoms with Gasteiger partial charge in [0.15, 0.2) is 0 Å². The van der Waals surface area contributed by atoms with Crippen LogP contribution in [0.4, 0.5) is 13.6 Å². The summed E-state index contributed by atoms with van der Waals surface area (Å²) in [5.41, 5.74) is 4.26. The van der Waals surface area contributed by atoms with Gasteiger partial charge in [0.1, 0.15) is 5.60 Å². The molecule has 3 atom stereocenters. The zero-order valence-corrected chi connectivity index (χ0v) is 10.2. The molecule has 2 aliphatic rings.